The van der Waals surface area contributed by atoms with E-state index in [4.69, 9.17) is 9.47 Å². The molecule has 0 atom stereocenters. The van der Waals surface area contributed by atoms with Gasteiger partial charge in [-0.1, -0.05) is 0 Å². The normalized spacial score (nSPS) is 10.7. The summed E-state index contributed by atoms with van der Waals surface area (Å²) in [6, 6.07) is 5.42. The van der Waals surface area contributed by atoms with Crippen molar-refractivity contribution in [2.45, 2.75) is 33.6 Å². The highest BCUT2D eigenvalue weighted by Crippen LogP contribution is 2.25. The Morgan fingerprint density at radius 2 is 1.86 bits per heavy atom. The average molecular weight is 303 g/mol. The van der Waals surface area contributed by atoms with Crippen LogP contribution in [0.15, 0.2) is 18.2 Å². The van der Waals surface area contributed by atoms with Crippen molar-refractivity contribution >= 4 is 22.8 Å². The van der Waals surface area contributed by atoms with Crippen molar-refractivity contribution in [3.05, 3.63) is 35.0 Å². The van der Waals surface area contributed by atoms with Crippen LogP contribution in [0.1, 0.15) is 41.9 Å². The van der Waals surface area contributed by atoms with Crippen molar-refractivity contribution < 1.29 is 19.1 Å². The molecule has 0 spiro atoms. The van der Waals surface area contributed by atoms with Crippen LogP contribution in [-0.4, -0.2) is 30.1 Å². The lowest BCUT2D eigenvalue weighted by Crippen LogP contribution is -2.06. The third kappa shape index (κ3) is 3.47. The second-order valence-corrected chi connectivity index (χ2v) is 5.01. The van der Waals surface area contributed by atoms with E-state index < -0.39 is 0 Å². The molecule has 0 aliphatic rings. The molecule has 5 nitrogen and oxygen atoms in total. The first-order valence-corrected chi connectivity index (χ1v) is 7.50. The minimum atomic E-state index is -0.334. The first-order valence-electron chi connectivity index (χ1n) is 7.50. The molecule has 1 heterocycles. The van der Waals surface area contributed by atoms with Gasteiger partial charge in [0.15, 0.2) is 0 Å². The molecule has 0 bridgehead atoms. The molecule has 1 aromatic carbocycles. The van der Waals surface area contributed by atoms with Crippen LogP contribution >= 0.6 is 0 Å². The number of carbonyl (C=O) groups excluding carboxylic acids is 2. The fourth-order valence-electron chi connectivity index (χ4n) is 2.51. The Balaban J connectivity index is 2.28. The maximum Gasteiger partial charge on any atom is 0.338 e. The number of fused-ring (bicyclic) bond motifs is 1. The first-order chi connectivity index (χ1) is 10.6. The lowest BCUT2D eigenvalue weighted by Gasteiger charge is -2.04. The SMILES string of the molecule is CCOC(=O)CCc1c(C)[nH]c2ccc(C(=O)OCC)cc12. The van der Waals surface area contributed by atoms with Gasteiger partial charge in [-0.25, -0.2) is 4.79 Å². The van der Waals surface area contributed by atoms with Gasteiger partial charge in [-0.15, -0.1) is 0 Å². The molecule has 2 rings (SSSR count). The van der Waals surface area contributed by atoms with Crippen LogP contribution in [0.4, 0.5) is 0 Å². The van der Waals surface area contributed by atoms with Crippen LogP contribution in [0, 0.1) is 6.92 Å². The van der Waals surface area contributed by atoms with Crippen molar-refractivity contribution in [1.29, 1.82) is 0 Å². The van der Waals surface area contributed by atoms with Gasteiger partial charge in [0, 0.05) is 23.0 Å². The molecule has 0 unspecified atom stereocenters. The molecule has 0 radical (unpaired) electrons. The number of hydrogen-bond acceptors (Lipinski definition) is 4. The number of hydrogen-bond donors (Lipinski definition) is 1. The summed E-state index contributed by atoms with van der Waals surface area (Å²) < 4.78 is 9.99. The average Bonchev–Trinajstić information content (AvgIpc) is 2.80. The highest BCUT2D eigenvalue weighted by molar-refractivity contribution is 5.96. The molecule has 0 amide bonds. The Hall–Kier alpha value is -2.30. The molecule has 0 fully saturated rings. The molecular formula is C17H21NO4. The fourth-order valence-corrected chi connectivity index (χ4v) is 2.51. The number of esters is 2. The minimum absolute atomic E-state index is 0.210. The molecule has 2 aromatic rings. The molecule has 22 heavy (non-hydrogen) atoms. The molecule has 0 aliphatic heterocycles. The lowest BCUT2D eigenvalue weighted by molar-refractivity contribution is -0.143. The Kier molecular flexibility index (Phi) is 5.20. The standard InChI is InChI=1S/C17H21NO4/c1-4-21-16(19)9-7-13-11(3)18-15-8-6-12(10-14(13)15)17(20)22-5-2/h6,8,10,18H,4-5,7,9H2,1-3H3. The van der Waals surface area contributed by atoms with Gasteiger partial charge < -0.3 is 14.5 Å². The topological polar surface area (TPSA) is 68.4 Å². The quantitative estimate of drug-likeness (QED) is 0.832. The second-order valence-electron chi connectivity index (χ2n) is 5.01. The molecule has 5 heteroatoms. The van der Waals surface area contributed by atoms with E-state index in [-0.39, 0.29) is 11.9 Å². The molecule has 1 aromatic heterocycles. The van der Waals surface area contributed by atoms with Crippen LogP contribution in [0.3, 0.4) is 0 Å². The Morgan fingerprint density at radius 1 is 1.14 bits per heavy atom. The first kappa shape index (κ1) is 16.1. The zero-order chi connectivity index (χ0) is 16.1. The van der Waals surface area contributed by atoms with Crippen molar-refractivity contribution in [2.75, 3.05) is 13.2 Å². The third-order valence-electron chi connectivity index (χ3n) is 3.52. The van der Waals surface area contributed by atoms with E-state index in [1.807, 2.05) is 19.1 Å². The molecule has 0 aliphatic carbocycles. The number of nitrogens with one attached hydrogen (secondary N) is 1. The van der Waals surface area contributed by atoms with Crippen LogP contribution in [0.5, 0.6) is 0 Å². The number of benzene rings is 1. The monoisotopic (exact) mass is 303 g/mol. The van der Waals surface area contributed by atoms with E-state index in [2.05, 4.69) is 4.98 Å². The zero-order valence-corrected chi connectivity index (χ0v) is 13.2. The summed E-state index contributed by atoms with van der Waals surface area (Å²) in [5.41, 5.74) is 3.50. The van der Waals surface area contributed by atoms with Crippen molar-refractivity contribution in [3.8, 4) is 0 Å². The number of H-pyrrole nitrogens is 1. The third-order valence-corrected chi connectivity index (χ3v) is 3.52. The van der Waals surface area contributed by atoms with Crippen molar-refractivity contribution in [1.82, 2.24) is 4.98 Å². The number of ether oxygens (including phenoxy) is 2. The molecule has 0 saturated heterocycles. The predicted octanol–water partition coefficient (Wildman–Crippen LogP) is 3.15. The highest BCUT2D eigenvalue weighted by atomic mass is 16.5. The summed E-state index contributed by atoms with van der Waals surface area (Å²) in [7, 11) is 0. The summed E-state index contributed by atoms with van der Waals surface area (Å²) in [5.74, 6) is -0.544. The van der Waals surface area contributed by atoms with Crippen LogP contribution in [-0.2, 0) is 20.7 Å². The van der Waals surface area contributed by atoms with E-state index in [0.29, 0.717) is 31.6 Å². The van der Waals surface area contributed by atoms with E-state index >= 15 is 0 Å². The maximum absolute atomic E-state index is 11.9. The largest absolute Gasteiger partial charge is 0.466 e. The van der Waals surface area contributed by atoms with Crippen molar-refractivity contribution in [3.63, 3.8) is 0 Å². The van der Waals surface area contributed by atoms with E-state index in [1.54, 1.807) is 19.9 Å². The fraction of sp³-hybridized carbons (Fsp3) is 0.412. The van der Waals surface area contributed by atoms with Crippen LogP contribution in [0.25, 0.3) is 10.9 Å². The summed E-state index contributed by atoms with van der Waals surface area (Å²) >= 11 is 0. The highest BCUT2D eigenvalue weighted by Gasteiger charge is 2.14. The molecular weight excluding hydrogens is 282 g/mol. The number of rotatable bonds is 6. The van der Waals surface area contributed by atoms with E-state index in [0.717, 1.165) is 22.2 Å². The molecule has 1 N–H and O–H groups in total. The van der Waals surface area contributed by atoms with E-state index in [9.17, 15) is 9.59 Å². The predicted molar refractivity (Wildman–Crippen MR) is 83.9 cm³/mol. The van der Waals surface area contributed by atoms with Gasteiger partial charge in [0.25, 0.3) is 0 Å². The smallest absolute Gasteiger partial charge is 0.338 e. The van der Waals surface area contributed by atoms with E-state index in [1.165, 1.54) is 0 Å². The summed E-state index contributed by atoms with van der Waals surface area (Å²) in [5, 5.41) is 0.951. The summed E-state index contributed by atoms with van der Waals surface area (Å²) in [6.07, 6.45) is 0.905. The van der Waals surface area contributed by atoms with Gasteiger partial charge in [0.1, 0.15) is 0 Å². The van der Waals surface area contributed by atoms with Crippen molar-refractivity contribution in [2.24, 2.45) is 0 Å². The Labute approximate surface area is 129 Å². The zero-order valence-electron chi connectivity index (χ0n) is 13.2. The number of carbonyl (C=O) groups is 2. The van der Waals surface area contributed by atoms with Gasteiger partial charge in [-0.3, -0.25) is 4.79 Å². The Bertz CT molecular complexity index is 687. The van der Waals surface area contributed by atoms with Crippen LogP contribution < -0.4 is 0 Å². The summed E-state index contributed by atoms with van der Waals surface area (Å²) in [6.45, 7) is 6.27. The lowest BCUT2D eigenvalue weighted by atomic mass is 10.0. The van der Waals surface area contributed by atoms with Gasteiger partial charge in [-0.05, 0) is 51.0 Å². The molecule has 0 saturated carbocycles. The maximum atomic E-state index is 11.9. The second kappa shape index (κ2) is 7.11. The number of aromatic amines is 1. The van der Waals surface area contributed by atoms with Gasteiger partial charge in [0.05, 0.1) is 18.8 Å². The van der Waals surface area contributed by atoms with Crippen LogP contribution in [0.2, 0.25) is 0 Å². The van der Waals surface area contributed by atoms with Gasteiger partial charge >= 0.3 is 11.9 Å². The molecule has 118 valence electrons. The number of aryl methyl sites for hydroxylation is 2. The minimum Gasteiger partial charge on any atom is -0.466 e. The van der Waals surface area contributed by atoms with Gasteiger partial charge in [0.2, 0.25) is 0 Å². The Morgan fingerprint density at radius 3 is 2.55 bits per heavy atom. The number of aromatic nitrogens is 1. The summed E-state index contributed by atoms with van der Waals surface area (Å²) in [4.78, 5) is 26.7. The van der Waals surface area contributed by atoms with Gasteiger partial charge in [-0.2, -0.15) is 0 Å².